The van der Waals surface area contributed by atoms with Gasteiger partial charge >= 0.3 is 0 Å². The van der Waals surface area contributed by atoms with Gasteiger partial charge in [-0.05, 0) is 43.5 Å². The summed E-state index contributed by atoms with van der Waals surface area (Å²) in [5.41, 5.74) is 0.859. The van der Waals surface area contributed by atoms with Crippen molar-refractivity contribution < 1.29 is 9.59 Å². The van der Waals surface area contributed by atoms with Crippen LogP contribution in [0.5, 0.6) is 0 Å². The van der Waals surface area contributed by atoms with Crippen molar-refractivity contribution in [3.05, 3.63) is 34.9 Å². The number of hydrogen-bond acceptors (Lipinski definition) is 3. The molecule has 0 radical (unpaired) electrons. The standard InChI is InChI=1S/C19H26ClN3O2/c20-17-4-2-1-3-16(17)13-19(25)23-11-9-22(10-12-23)18(24)6-5-15-7-8-21-14-15/h1-4,15,21H,5-14H2. The molecule has 2 aliphatic heterocycles. The third-order valence-corrected chi connectivity index (χ3v) is 5.58. The second kappa shape index (κ2) is 8.68. The Bertz CT molecular complexity index is 608. The molecule has 6 heteroatoms. The number of rotatable bonds is 5. The van der Waals surface area contributed by atoms with E-state index in [1.807, 2.05) is 28.0 Å². The molecule has 136 valence electrons. The summed E-state index contributed by atoms with van der Waals surface area (Å²) in [6.07, 6.45) is 3.09. The minimum atomic E-state index is 0.0808. The van der Waals surface area contributed by atoms with Crippen LogP contribution in [0.15, 0.2) is 24.3 Å². The zero-order chi connectivity index (χ0) is 17.6. The molecule has 1 unspecified atom stereocenters. The Morgan fingerprint density at radius 1 is 1.08 bits per heavy atom. The van der Waals surface area contributed by atoms with Crippen molar-refractivity contribution in [2.45, 2.75) is 25.7 Å². The van der Waals surface area contributed by atoms with Crippen LogP contribution >= 0.6 is 11.6 Å². The molecule has 2 heterocycles. The lowest BCUT2D eigenvalue weighted by Gasteiger charge is -2.35. The van der Waals surface area contributed by atoms with Gasteiger partial charge in [0.1, 0.15) is 0 Å². The summed E-state index contributed by atoms with van der Waals surface area (Å²) in [7, 11) is 0. The Kier molecular flexibility index (Phi) is 6.32. The van der Waals surface area contributed by atoms with Gasteiger partial charge in [-0.2, -0.15) is 0 Å². The van der Waals surface area contributed by atoms with Gasteiger partial charge in [0.2, 0.25) is 11.8 Å². The van der Waals surface area contributed by atoms with Crippen molar-refractivity contribution in [3.63, 3.8) is 0 Å². The number of amides is 2. The maximum atomic E-state index is 12.5. The number of nitrogens with zero attached hydrogens (tertiary/aromatic N) is 2. The van der Waals surface area contributed by atoms with E-state index in [0.29, 0.717) is 50.0 Å². The molecule has 1 aromatic carbocycles. The third-order valence-electron chi connectivity index (χ3n) is 5.21. The van der Waals surface area contributed by atoms with E-state index in [2.05, 4.69) is 5.32 Å². The highest BCUT2D eigenvalue weighted by Gasteiger charge is 2.25. The van der Waals surface area contributed by atoms with E-state index in [-0.39, 0.29) is 11.8 Å². The van der Waals surface area contributed by atoms with Crippen LogP contribution in [-0.4, -0.2) is 60.9 Å². The highest BCUT2D eigenvalue weighted by Crippen LogP contribution is 2.18. The van der Waals surface area contributed by atoms with E-state index in [4.69, 9.17) is 11.6 Å². The first-order chi connectivity index (χ1) is 12.1. The van der Waals surface area contributed by atoms with Crippen LogP contribution in [-0.2, 0) is 16.0 Å². The molecule has 1 atom stereocenters. The lowest BCUT2D eigenvalue weighted by Crippen LogP contribution is -2.51. The summed E-state index contributed by atoms with van der Waals surface area (Å²) >= 11 is 6.13. The van der Waals surface area contributed by atoms with Gasteiger partial charge in [0.05, 0.1) is 6.42 Å². The van der Waals surface area contributed by atoms with Crippen LogP contribution in [0.25, 0.3) is 0 Å². The maximum absolute atomic E-state index is 12.5. The molecule has 0 saturated carbocycles. The molecule has 2 saturated heterocycles. The van der Waals surface area contributed by atoms with Gasteiger partial charge in [-0.1, -0.05) is 29.8 Å². The molecule has 25 heavy (non-hydrogen) atoms. The van der Waals surface area contributed by atoms with E-state index in [0.717, 1.165) is 25.1 Å². The number of carbonyl (C=O) groups is 2. The van der Waals surface area contributed by atoms with Gasteiger partial charge in [0.15, 0.2) is 0 Å². The zero-order valence-corrected chi connectivity index (χ0v) is 15.3. The molecule has 0 bridgehead atoms. The quantitative estimate of drug-likeness (QED) is 0.869. The van der Waals surface area contributed by atoms with Crippen molar-refractivity contribution in [1.82, 2.24) is 15.1 Å². The van der Waals surface area contributed by atoms with Gasteiger partial charge < -0.3 is 15.1 Å². The van der Waals surface area contributed by atoms with Crippen LogP contribution < -0.4 is 5.32 Å². The van der Waals surface area contributed by atoms with Crippen molar-refractivity contribution in [2.24, 2.45) is 5.92 Å². The van der Waals surface area contributed by atoms with E-state index < -0.39 is 0 Å². The minimum Gasteiger partial charge on any atom is -0.339 e. The monoisotopic (exact) mass is 363 g/mol. The van der Waals surface area contributed by atoms with Gasteiger partial charge in [-0.15, -0.1) is 0 Å². The number of hydrogen-bond donors (Lipinski definition) is 1. The molecule has 0 aromatic heterocycles. The summed E-state index contributed by atoms with van der Waals surface area (Å²) in [6, 6.07) is 7.45. The predicted molar refractivity (Wildman–Crippen MR) is 98.5 cm³/mol. The summed E-state index contributed by atoms with van der Waals surface area (Å²) < 4.78 is 0. The topological polar surface area (TPSA) is 52.7 Å². The van der Waals surface area contributed by atoms with Crippen molar-refractivity contribution in [2.75, 3.05) is 39.3 Å². The average molecular weight is 364 g/mol. The third kappa shape index (κ3) is 4.95. The minimum absolute atomic E-state index is 0.0808. The Morgan fingerprint density at radius 3 is 2.40 bits per heavy atom. The number of carbonyl (C=O) groups excluding carboxylic acids is 2. The van der Waals surface area contributed by atoms with E-state index in [9.17, 15) is 9.59 Å². The number of benzene rings is 1. The van der Waals surface area contributed by atoms with E-state index in [1.165, 1.54) is 6.42 Å². The van der Waals surface area contributed by atoms with Gasteiger partial charge in [-0.3, -0.25) is 9.59 Å². The maximum Gasteiger partial charge on any atom is 0.227 e. The molecular weight excluding hydrogens is 338 g/mol. The highest BCUT2D eigenvalue weighted by atomic mass is 35.5. The Hall–Kier alpha value is -1.59. The number of piperazine rings is 1. The molecule has 3 rings (SSSR count). The fraction of sp³-hybridized carbons (Fsp3) is 0.579. The molecule has 1 aromatic rings. The fourth-order valence-corrected chi connectivity index (χ4v) is 3.77. The predicted octanol–water partition coefficient (Wildman–Crippen LogP) is 1.94. The first kappa shape index (κ1) is 18.2. The summed E-state index contributed by atoms with van der Waals surface area (Å²) in [5.74, 6) is 0.949. The van der Waals surface area contributed by atoms with Crippen molar-refractivity contribution >= 4 is 23.4 Å². The Morgan fingerprint density at radius 2 is 1.76 bits per heavy atom. The van der Waals surface area contributed by atoms with Crippen LogP contribution in [0.4, 0.5) is 0 Å². The number of halogens is 1. The van der Waals surface area contributed by atoms with Crippen molar-refractivity contribution in [3.8, 4) is 0 Å². The van der Waals surface area contributed by atoms with Gasteiger partial charge in [0.25, 0.3) is 0 Å². The number of nitrogens with one attached hydrogen (secondary N) is 1. The SMILES string of the molecule is O=C(CCC1CCNC1)N1CCN(C(=O)Cc2ccccc2Cl)CC1. The van der Waals surface area contributed by atoms with Crippen LogP contribution in [0, 0.1) is 5.92 Å². The normalized spacial score (nSPS) is 20.8. The zero-order valence-electron chi connectivity index (χ0n) is 14.5. The smallest absolute Gasteiger partial charge is 0.227 e. The molecule has 2 aliphatic rings. The van der Waals surface area contributed by atoms with Crippen LogP contribution in [0.2, 0.25) is 5.02 Å². The second-order valence-electron chi connectivity index (χ2n) is 6.93. The van der Waals surface area contributed by atoms with Gasteiger partial charge in [0, 0.05) is 37.6 Å². The molecule has 5 nitrogen and oxygen atoms in total. The lowest BCUT2D eigenvalue weighted by atomic mass is 10.0. The first-order valence-electron chi connectivity index (χ1n) is 9.13. The lowest BCUT2D eigenvalue weighted by molar-refractivity contribution is -0.139. The van der Waals surface area contributed by atoms with E-state index in [1.54, 1.807) is 6.07 Å². The molecule has 2 fully saturated rings. The first-order valence-corrected chi connectivity index (χ1v) is 9.51. The van der Waals surface area contributed by atoms with E-state index >= 15 is 0 Å². The Labute approximate surface area is 154 Å². The second-order valence-corrected chi connectivity index (χ2v) is 7.33. The summed E-state index contributed by atoms with van der Waals surface area (Å²) in [4.78, 5) is 28.6. The molecule has 1 N–H and O–H groups in total. The largest absolute Gasteiger partial charge is 0.339 e. The molecular formula is C19H26ClN3O2. The molecule has 2 amide bonds. The average Bonchev–Trinajstić information content (AvgIpc) is 3.15. The molecule has 0 aliphatic carbocycles. The van der Waals surface area contributed by atoms with Crippen LogP contribution in [0.1, 0.15) is 24.8 Å². The molecule has 0 spiro atoms. The summed E-state index contributed by atoms with van der Waals surface area (Å²) in [5, 5.41) is 3.97. The summed E-state index contributed by atoms with van der Waals surface area (Å²) in [6.45, 7) is 4.61. The van der Waals surface area contributed by atoms with Crippen LogP contribution in [0.3, 0.4) is 0 Å². The fourth-order valence-electron chi connectivity index (χ4n) is 3.57. The highest BCUT2D eigenvalue weighted by molar-refractivity contribution is 6.31. The van der Waals surface area contributed by atoms with Gasteiger partial charge in [-0.25, -0.2) is 0 Å². The Balaban J connectivity index is 1.42. The van der Waals surface area contributed by atoms with Crippen molar-refractivity contribution in [1.29, 1.82) is 0 Å².